The molecule has 0 bridgehead atoms. The Kier molecular flexibility index (Phi) is 46.2. The van der Waals surface area contributed by atoms with Crippen LogP contribution in [0.1, 0.15) is 171 Å². The molecule has 12 rings (SSSR count). The number of methoxy groups -OCH3 is 2. The van der Waals surface area contributed by atoms with Crippen molar-refractivity contribution in [3.8, 4) is 84.8 Å². The van der Waals surface area contributed by atoms with E-state index in [2.05, 4.69) is 29.9 Å². The van der Waals surface area contributed by atoms with Gasteiger partial charge in [0.25, 0.3) is 0 Å². The highest BCUT2D eigenvalue weighted by atomic mass is 32.2. The molecule has 6 heterocycles. The number of anilines is 1. The van der Waals surface area contributed by atoms with E-state index < -0.39 is 45.7 Å². The first-order valence-corrected chi connectivity index (χ1v) is 46.5. The Labute approximate surface area is 798 Å². The van der Waals surface area contributed by atoms with Gasteiger partial charge in [-0.25, -0.2) is 67.1 Å². The molecule has 0 N–H and O–H groups in total. The van der Waals surface area contributed by atoms with Gasteiger partial charge in [-0.05, 0) is 278 Å². The number of rotatable bonds is 37. The maximum absolute atomic E-state index is 12.0. The van der Waals surface area contributed by atoms with Crippen LogP contribution in [0, 0.1) is 6.92 Å². The van der Waals surface area contributed by atoms with Gasteiger partial charge in [-0.1, -0.05) is 85.8 Å². The normalized spacial score (nSPS) is 10.7. The van der Waals surface area contributed by atoms with Gasteiger partial charge in [0.15, 0.2) is 9.84 Å². The van der Waals surface area contributed by atoms with E-state index in [1.54, 1.807) is 127 Å². The lowest BCUT2D eigenvalue weighted by Crippen LogP contribution is -2.13. The number of benzene rings is 6. The monoisotopic (exact) mass is 1880 g/mol. The van der Waals surface area contributed by atoms with Crippen LogP contribution in [-0.2, 0) is 63.8 Å². The highest BCUT2D eigenvalue weighted by Gasteiger charge is 2.20. The first kappa shape index (κ1) is 109. The Hall–Kier alpha value is -14.0. The average molecular weight is 1880 g/mol. The minimum absolute atomic E-state index is 0.0567. The molecule has 29 heteroatoms. The Morgan fingerprint density at radius 1 is 0.316 bits per heavy atom. The number of sulfone groups is 1. The van der Waals surface area contributed by atoms with Gasteiger partial charge in [0, 0.05) is 74.0 Å². The Balaban J connectivity index is 0.000000223. The van der Waals surface area contributed by atoms with Crippen molar-refractivity contribution >= 4 is 51.3 Å². The van der Waals surface area contributed by atoms with Crippen LogP contribution in [-0.4, -0.2) is 198 Å². The molecule has 136 heavy (non-hydrogen) atoms. The maximum atomic E-state index is 12.0. The van der Waals surface area contributed by atoms with E-state index in [-0.39, 0.29) is 46.9 Å². The predicted molar refractivity (Wildman–Crippen MR) is 526 cm³/mol. The van der Waals surface area contributed by atoms with Gasteiger partial charge in [-0.3, -0.25) is 0 Å². The molecular weight excluding hydrogens is 1750 g/mol. The van der Waals surface area contributed by atoms with Crippen LogP contribution in [0.2, 0.25) is 0 Å². The Bertz CT molecular complexity index is 5820. The van der Waals surface area contributed by atoms with Crippen molar-refractivity contribution in [1.82, 2.24) is 29.9 Å². The molecule has 6 aromatic carbocycles. The molecule has 0 aliphatic heterocycles. The summed E-state index contributed by atoms with van der Waals surface area (Å²) in [6.45, 7) is 32.7. The fraction of sp³-hybridized carbons (Fsp3) is 0.327. The third-order valence-electron chi connectivity index (χ3n) is 18.5. The fourth-order valence-corrected chi connectivity index (χ4v) is 13.0. The van der Waals surface area contributed by atoms with E-state index in [1.807, 2.05) is 259 Å². The number of hydrogen-bond acceptors (Lipinski definition) is 28. The molecule has 0 radical (unpaired) electrons. The molecule has 0 fully saturated rings. The Morgan fingerprint density at radius 2 is 0.625 bits per heavy atom. The van der Waals surface area contributed by atoms with E-state index in [1.165, 1.54) is 0 Å². The number of esters is 6. The van der Waals surface area contributed by atoms with Crippen molar-refractivity contribution in [2.75, 3.05) is 98.4 Å². The summed E-state index contributed by atoms with van der Waals surface area (Å²) in [5.74, 6) is -0.105. The van der Waals surface area contributed by atoms with E-state index >= 15 is 0 Å². The maximum Gasteiger partial charge on any atom is 0.357 e. The van der Waals surface area contributed by atoms with Gasteiger partial charge in [0.05, 0.1) is 122 Å². The SMILES string of the molecule is CC(C)OC(=O)c1cccc(-c2ccc(N(C)C)cc2)n1.CCOC(=O)c1cc(C)cc(-c2ccc(OCC)cc2)n1.CCOCCOc1ccc(-c2cccc(C(=O)OC(C)C)n2)cc1.CCS(=O)(=O)c1ccc(-c2cccc(C(=O)OC(C)C)n2)cc1.COCCOCCOc1ccc(-c2cccc(C(=O)OC(C)C)n2)cc1.COCc1ccc(-c2cccc(C(=O)OC(C)C)n2)cc1. The number of aromatic nitrogens is 6. The summed E-state index contributed by atoms with van der Waals surface area (Å²) in [4.78, 5) is 99.9. The number of nitrogens with zero attached hydrogens (tertiary/aromatic N) is 7. The lowest BCUT2D eigenvalue weighted by Gasteiger charge is -2.13. The van der Waals surface area contributed by atoms with Crippen molar-refractivity contribution in [2.24, 2.45) is 0 Å². The lowest BCUT2D eigenvalue weighted by molar-refractivity contribution is 0.0360. The minimum atomic E-state index is -3.23. The van der Waals surface area contributed by atoms with E-state index in [9.17, 15) is 37.2 Å². The number of carbonyl (C=O) groups is 6. The Morgan fingerprint density at radius 3 is 0.934 bits per heavy atom. The fourth-order valence-electron chi connectivity index (χ4n) is 12.1. The second-order valence-corrected chi connectivity index (χ2v) is 33.7. The second kappa shape index (κ2) is 57.6. The van der Waals surface area contributed by atoms with Crippen molar-refractivity contribution in [1.29, 1.82) is 0 Å². The van der Waals surface area contributed by atoms with Crippen LogP contribution >= 0.6 is 0 Å². The van der Waals surface area contributed by atoms with E-state index in [0.29, 0.717) is 112 Å². The summed E-state index contributed by atoms with van der Waals surface area (Å²) in [5.41, 5.74) is 14.7. The number of ether oxygens (including phenoxy) is 13. The quantitative estimate of drug-likeness (QED) is 0.0198. The van der Waals surface area contributed by atoms with E-state index in [4.69, 9.17) is 61.6 Å². The first-order chi connectivity index (χ1) is 65.2. The van der Waals surface area contributed by atoms with Crippen LogP contribution < -0.4 is 19.1 Å². The molecular formula is C107H125N7O21S. The molecule has 720 valence electrons. The van der Waals surface area contributed by atoms with Crippen LogP contribution in [0.3, 0.4) is 0 Å². The van der Waals surface area contributed by atoms with Crippen LogP contribution in [0.4, 0.5) is 5.69 Å². The summed E-state index contributed by atoms with van der Waals surface area (Å²) in [6.07, 6.45) is -0.871. The van der Waals surface area contributed by atoms with Crippen molar-refractivity contribution in [2.45, 2.75) is 146 Å². The van der Waals surface area contributed by atoms with Gasteiger partial charge in [-0.15, -0.1) is 0 Å². The third kappa shape index (κ3) is 37.8. The zero-order valence-electron chi connectivity index (χ0n) is 80.9. The summed E-state index contributed by atoms with van der Waals surface area (Å²) >= 11 is 0. The zero-order chi connectivity index (χ0) is 99.1. The summed E-state index contributed by atoms with van der Waals surface area (Å²) in [5, 5.41) is 0. The predicted octanol–water partition coefficient (Wildman–Crippen LogP) is 20.7. The van der Waals surface area contributed by atoms with Crippen molar-refractivity contribution in [3.63, 3.8) is 0 Å². The van der Waals surface area contributed by atoms with E-state index in [0.717, 1.165) is 84.5 Å². The molecule has 0 unspecified atom stereocenters. The minimum Gasteiger partial charge on any atom is -0.494 e. The summed E-state index contributed by atoms with van der Waals surface area (Å²) < 4.78 is 91.7. The largest absolute Gasteiger partial charge is 0.494 e. The zero-order valence-corrected chi connectivity index (χ0v) is 81.8. The molecule has 0 aliphatic carbocycles. The highest BCUT2D eigenvalue weighted by molar-refractivity contribution is 7.91. The van der Waals surface area contributed by atoms with Crippen LogP contribution in [0.15, 0.2) is 254 Å². The number of hydrogen-bond donors (Lipinski definition) is 0. The molecule has 28 nitrogen and oxygen atoms in total. The number of aryl methyl sites for hydroxylation is 1. The summed E-state index contributed by atoms with van der Waals surface area (Å²) in [7, 11) is 4.07. The van der Waals surface area contributed by atoms with Gasteiger partial charge in [0.2, 0.25) is 0 Å². The molecule has 0 aliphatic rings. The number of carbonyl (C=O) groups excluding carboxylic acids is 6. The van der Waals surface area contributed by atoms with Crippen molar-refractivity contribution < 1.29 is 98.8 Å². The van der Waals surface area contributed by atoms with Gasteiger partial charge in [-0.2, -0.15) is 0 Å². The van der Waals surface area contributed by atoms with Gasteiger partial charge < -0.3 is 66.5 Å². The molecule has 0 saturated heterocycles. The molecule has 12 aromatic rings. The molecule has 0 spiro atoms. The van der Waals surface area contributed by atoms with Gasteiger partial charge >= 0.3 is 35.8 Å². The highest BCUT2D eigenvalue weighted by Crippen LogP contribution is 2.29. The number of pyridine rings is 6. The molecule has 6 aromatic heterocycles. The van der Waals surface area contributed by atoms with Crippen LogP contribution in [0.5, 0.6) is 17.2 Å². The molecule has 0 saturated carbocycles. The molecule has 0 amide bonds. The molecule has 0 atom stereocenters. The van der Waals surface area contributed by atoms with Gasteiger partial charge in [0.1, 0.15) is 64.6 Å². The first-order valence-electron chi connectivity index (χ1n) is 44.8. The third-order valence-corrected chi connectivity index (χ3v) is 20.2. The summed E-state index contributed by atoms with van der Waals surface area (Å²) in [6, 6.07) is 75.2. The van der Waals surface area contributed by atoms with Crippen molar-refractivity contribution in [3.05, 3.63) is 294 Å². The smallest absolute Gasteiger partial charge is 0.357 e. The topological polar surface area (TPSA) is 337 Å². The lowest BCUT2D eigenvalue weighted by atomic mass is 10.1. The average Bonchev–Trinajstić information content (AvgIpc) is 0.839. The van der Waals surface area contributed by atoms with Crippen LogP contribution in [0.25, 0.3) is 67.5 Å². The second-order valence-electron chi connectivity index (χ2n) is 31.5. The standard InChI is InChI=1S/C20H25NO5.C19H23NO4.C17H20N2O2.C17H19NO4S.2C17H19NO3/c1-15(2)26-20(22)19-6-4-5-18(21-19)16-7-9-17(10-8-16)25-14-13-24-12-11-23-3;1-4-22-12-13-23-16-10-8-15(9-11-16)17-6-5-7-18(20-17)19(21)24-14(2)3;1-12(2)21-17(20)16-7-5-6-15(18-16)13-8-10-14(11-9-13)19(3)4;1-4-23(20,21)14-10-8-13(9-11-14)15-6-5-7-16(18-15)17(19)22-12(2)3;1-12(2)21-17(19)16-6-4-5-15(18-16)14-9-7-13(8-10-14)11-20-3;1-4-20-14-8-6-13(7-9-14)15-10-12(3)11-16(18-15)17(19)21-5-2/h4-10,15H,11-14H2,1-3H3;5-11,14H,4,12-13H2,1-3H3;5-12H,1-4H3;5-12H,4H2,1-3H3;4-10,12H,11H2,1-3H3;6-11H,4-5H2,1-3H3.